The molecule has 0 saturated carbocycles. The molecule has 6 heteroatoms. The summed E-state index contributed by atoms with van der Waals surface area (Å²) in [6.07, 6.45) is 4.07. The first-order valence-corrected chi connectivity index (χ1v) is 19.5. The molecule has 0 unspecified atom stereocenters. The first-order chi connectivity index (χ1) is 27.5. The zero-order valence-electron chi connectivity index (χ0n) is 33.6. The van der Waals surface area contributed by atoms with Crippen LogP contribution in [0.3, 0.4) is 0 Å². The largest absolute Gasteiger partial charge is 0.509 e. The van der Waals surface area contributed by atoms with E-state index in [0.717, 1.165) is 50.3 Å². The second kappa shape index (κ2) is 15.5. The molecule has 3 heterocycles. The van der Waals surface area contributed by atoms with Gasteiger partial charge in [-0.15, -0.1) is 48.1 Å². The molecule has 0 saturated heterocycles. The van der Waals surface area contributed by atoms with Crippen molar-refractivity contribution >= 4 is 38.9 Å². The maximum Gasteiger partial charge on any atom is 0.135 e. The van der Waals surface area contributed by atoms with Gasteiger partial charge >= 0.3 is 0 Å². The topological polar surface area (TPSA) is 33.5 Å². The number of nitrogens with zero attached hydrogens (tertiary/aromatic N) is 4. The van der Waals surface area contributed by atoms with Crippen LogP contribution in [0, 0.1) is 18.8 Å². The Morgan fingerprint density at radius 2 is 1.28 bits per heavy atom. The van der Waals surface area contributed by atoms with Crippen molar-refractivity contribution < 1.29 is 25.8 Å². The molecule has 0 fully saturated rings. The van der Waals surface area contributed by atoms with Crippen molar-refractivity contribution in [1.82, 2.24) is 9.55 Å². The molecule has 0 radical (unpaired) electrons. The number of rotatable bonds is 7. The second-order valence-corrected chi connectivity index (χ2v) is 16.8. The van der Waals surface area contributed by atoms with E-state index in [0.29, 0.717) is 11.5 Å². The molecule has 0 spiro atoms. The van der Waals surface area contributed by atoms with Crippen LogP contribution in [0.1, 0.15) is 58.2 Å². The molecule has 0 amide bonds. The molecule has 0 N–H and O–H groups in total. The minimum absolute atomic E-state index is 0. The fourth-order valence-corrected chi connectivity index (χ4v) is 7.50. The number of benzene rings is 6. The number of para-hydroxylation sites is 1. The molecule has 292 valence electrons. The summed E-state index contributed by atoms with van der Waals surface area (Å²) in [7, 11) is 0. The Morgan fingerprint density at radius 3 is 2.02 bits per heavy atom. The van der Waals surface area contributed by atoms with Crippen LogP contribution in [-0.4, -0.2) is 9.55 Å². The Morgan fingerprint density at radius 1 is 0.586 bits per heavy atom. The van der Waals surface area contributed by atoms with Gasteiger partial charge in [0, 0.05) is 55.7 Å². The van der Waals surface area contributed by atoms with Crippen LogP contribution in [0.25, 0.3) is 44.4 Å². The molecule has 0 aliphatic carbocycles. The summed E-state index contributed by atoms with van der Waals surface area (Å²) in [6, 6.07) is 58.1. The van der Waals surface area contributed by atoms with Crippen LogP contribution < -0.4 is 14.5 Å². The van der Waals surface area contributed by atoms with Crippen molar-refractivity contribution in [3.8, 4) is 28.4 Å². The number of hydrogen-bond acceptors (Lipinski definition) is 4. The molecule has 8 aromatic rings. The smallest absolute Gasteiger partial charge is 0.135 e. The van der Waals surface area contributed by atoms with E-state index in [2.05, 4.69) is 208 Å². The van der Waals surface area contributed by atoms with Crippen molar-refractivity contribution in [2.45, 2.75) is 52.4 Å². The molecular weight excluding hydrogens is 892 g/mol. The van der Waals surface area contributed by atoms with Gasteiger partial charge in [0.05, 0.1) is 0 Å². The Bertz CT molecular complexity index is 2780. The van der Waals surface area contributed by atoms with Gasteiger partial charge in [-0.25, -0.2) is 4.98 Å². The first kappa shape index (κ1) is 38.9. The SMILES string of the molecule is CC(C)(C)c1cc(-c2ccccc2)cc(N2[CH-]N(c3[c-]c(Oc4[c-]c5c(cc4)c4ccccc4n5-c4cc(C(C)(C)C)ccn4)ccc3)C=C2c2ccccc2)c1.[Pt]. The van der Waals surface area contributed by atoms with E-state index < -0.39 is 0 Å². The fraction of sp³-hybridized carbons (Fsp3) is 0.154. The maximum absolute atomic E-state index is 6.57. The molecule has 2 aromatic heterocycles. The third-order valence-electron chi connectivity index (χ3n) is 10.6. The van der Waals surface area contributed by atoms with Gasteiger partial charge in [-0.1, -0.05) is 132 Å². The Balaban J connectivity index is 0.00000469. The second-order valence-electron chi connectivity index (χ2n) is 16.8. The molecule has 0 atom stereocenters. The Hall–Kier alpha value is -5.90. The molecule has 58 heavy (non-hydrogen) atoms. The van der Waals surface area contributed by atoms with Gasteiger partial charge in [-0.05, 0) is 80.6 Å². The summed E-state index contributed by atoms with van der Waals surface area (Å²) in [6.45, 7) is 15.6. The van der Waals surface area contributed by atoms with E-state index >= 15 is 0 Å². The van der Waals surface area contributed by atoms with Crippen LogP contribution in [0.15, 0.2) is 158 Å². The number of fused-ring (bicyclic) bond motifs is 3. The predicted molar refractivity (Wildman–Crippen MR) is 236 cm³/mol. The van der Waals surface area contributed by atoms with E-state index in [9.17, 15) is 0 Å². The number of ether oxygens (including phenoxy) is 1. The molecule has 9 rings (SSSR count). The molecule has 0 bridgehead atoms. The predicted octanol–water partition coefficient (Wildman–Crippen LogP) is 13.3. The summed E-state index contributed by atoms with van der Waals surface area (Å²) >= 11 is 0. The number of anilines is 2. The standard InChI is InChI=1S/C52H45N4O.Pt/c1-51(2,3)39-26-27-53-50(31-39)56-47-23-14-13-22-45(47)46-25-24-44(33-48(46)56)57-43-21-15-20-41(32-43)54-34-49(37-18-11-8-12-19-37)55(35-54)42-29-38(36-16-9-7-10-17-36)28-40(30-42)52(4,5)6;/h7-31,34-35H,1-6H3;/q-3;. The van der Waals surface area contributed by atoms with Gasteiger partial charge < -0.3 is 19.1 Å². The third kappa shape index (κ3) is 7.60. The summed E-state index contributed by atoms with van der Waals surface area (Å²) in [5.41, 5.74) is 10.9. The molecule has 1 aliphatic heterocycles. The fourth-order valence-electron chi connectivity index (χ4n) is 7.50. The Labute approximate surface area is 356 Å². The van der Waals surface area contributed by atoms with Crippen LogP contribution in [0.4, 0.5) is 11.4 Å². The van der Waals surface area contributed by atoms with Gasteiger partial charge in [-0.2, -0.15) is 12.1 Å². The average molecular weight is 937 g/mol. The summed E-state index contributed by atoms with van der Waals surface area (Å²) in [4.78, 5) is 9.24. The van der Waals surface area contributed by atoms with Gasteiger partial charge in [0.25, 0.3) is 0 Å². The van der Waals surface area contributed by atoms with Crippen molar-refractivity contribution in [1.29, 1.82) is 0 Å². The number of aromatic nitrogens is 2. The molecule has 6 aromatic carbocycles. The van der Waals surface area contributed by atoms with Crippen LogP contribution >= 0.6 is 0 Å². The van der Waals surface area contributed by atoms with Crippen molar-refractivity contribution in [2.24, 2.45) is 0 Å². The van der Waals surface area contributed by atoms with Gasteiger partial charge in [0.15, 0.2) is 0 Å². The summed E-state index contributed by atoms with van der Waals surface area (Å²) < 4.78 is 8.76. The van der Waals surface area contributed by atoms with Crippen molar-refractivity contribution in [3.63, 3.8) is 0 Å². The monoisotopic (exact) mass is 936 g/mol. The Kier molecular flexibility index (Phi) is 10.4. The van der Waals surface area contributed by atoms with E-state index in [1.165, 1.54) is 22.3 Å². The van der Waals surface area contributed by atoms with Crippen LogP contribution in [-0.2, 0) is 31.9 Å². The quantitative estimate of drug-likeness (QED) is 0.149. The third-order valence-corrected chi connectivity index (χ3v) is 10.6. The zero-order chi connectivity index (χ0) is 39.3. The van der Waals surface area contributed by atoms with E-state index in [1.807, 2.05) is 24.4 Å². The summed E-state index contributed by atoms with van der Waals surface area (Å²) in [5, 5.41) is 2.24. The van der Waals surface area contributed by atoms with E-state index in [1.54, 1.807) is 0 Å². The molecule has 5 nitrogen and oxygen atoms in total. The van der Waals surface area contributed by atoms with Crippen molar-refractivity contribution in [3.05, 3.63) is 193 Å². The minimum atomic E-state index is -0.0452. The normalized spacial score (nSPS) is 13.2. The maximum atomic E-state index is 6.57. The zero-order valence-corrected chi connectivity index (χ0v) is 35.9. The van der Waals surface area contributed by atoms with E-state index in [4.69, 9.17) is 9.72 Å². The van der Waals surface area contributed by atoms with Gasteiger partial charge in [0.1, 0.15) is 5.82 Å². The average Bonchev–Trinajstić information content (AvgIpc) is 3.81. The summed E-state index contributed by atoms with van der Waals surface area (Å²) in [5.74, 6) is 2.06. The molecule has 1 aliphatic rings. The van der Waals surface area contributed by atoms with Crippen LogP contribution in [0.2, 0.25) is 0 Å². The minimum Gasteiger partial charge on any atom is -0.509 e. The van der Waals surface area contributed by atoms with E-state index in [-0.39, 0.29) is 31.9 Å². The van der Waals surface area contributed by atoms with Gasteiger partial charge in [0.2, 0.25) is 0 Å². The number of hydrogen-bond donors (Lipinski definition) is 0. The van der Waals surface area contributed by atoms with Gasteiger partial charge in [-0.3, -0.25) is 0 Å². The van der Waals surface area contributed by atoms with Crippen molar-refractivity contribution in [2.75, 3.05) is 9.80 Å². The molecular formula is C52H45N4OPt-3. The number of pyridine rings is 1. The first-order valence-electron chi connectivity index (χ1n) is 19.5. The van der Waals surface area contributed by atoms with Crippen LogP contribution in [0.5, 0.6) is 11.5 Å².